The third-order valence-electron chi connectivity index (χ3n) is 4.81. The molecular formula is C20H31N3O4S2. The number of benzene rings is 1. The van der Waals surface area contributed by atoms with Crippen molar-refractivity contribution in [3.05, 3.63) is 30.3 Å². The molecule has 0 saturated carbocycles. The van der Waals surface area contributed by atoms with Gasteiger partial charge in [0.05, 0.1) is 10.8 Å². The molecule has 0 aromatic heterocycles. The summed E-state index contributed by atoms with van der Waals surface area (Å²) < 4.78 is 27.1. The van der Waals surface area contributed by atoms with Crippen molar-refractivity contribution in [2.75, 3.05) is 25.1 Å². The predicted octanol–water partition coefficient (Wildman–Crippen LogP) is 1.85. The number of nitrogens with one attached hydrogen (secondary N) is 2. The van der Waals surface area contributed by atoms with E-state index in [-0.39, 0.29) is 29.3 Å². The molecule has 2 N–H and O–H groups in total. The number of carbonyl (C=O) groups excluding carboxylic acids is 2. The number of hydrogen-bond donors (Lipinski definition) is 2. The molecule has 1 fully saturated rings. The molecule has 1 heterocycles. The summed E-state index contributed by atoms with van der Waals surface area (Å²) in [6.45, 7) is 4.27. The quantitative estimate of drug-likeness (QED) is 0.610. The minimum Gasteiger partial charge on any atom is -0.352 e. The number of rotatable bonds is 9. The Morgan fingerprint density at radius 3 is 2.52 bits per heavy atom. The summed E-state index contributed by atoms with van der Waals surface area (Å²) in [5.41, 5.74) is 0. The largest absolute Gasteiger partial charge is 0.352 e. The first-order chi connectivity index (χ1) is 13.8. The number of carbonyl (C=O) groups is 2. The third kappa shape index (κ3) is 6.72. The Morgan fingerprint density at radius 1 is 1.21 bits per heavy atom. The molecule has 7 nitrogen and oxygen atoms in total. The monoisotopic (exact) mass is 441 g/mol. The smallest absolute Gasteiger partial charge is 0.243 e. The summed E-state index contributed by atoms with van der Waals surface area (Å²) in [6, 6.07) is 7.63. The number of sulfonamides is 1. The molecule has 2 amide bonds. The Balaban J connectivity index is 2.06. The molecule has 162 valence electrons. The molecule has 9 heteroatoms. The summed E-state index contributed by atoms with van der Waals surface area (Å²) in [7, 11) is -3.63. The Bertz CT molecular complexity index is 784. The highest BCUT2D eigenvalue weighted by atomic mass is 32.2. The second-order valence-corrected chi connectivity index (χ2v) is 10.4. The van der Waals surface area contributed by atoms with Crippen LogP contribution in [0, 0.1) is 5.92 Å². The lowest BCUT2D eigenvalue weighted by molar-refractivity contribution is -0.132. The first kappa shape index (κ1) is 23.7. The Morgan fingerprint density at radius 2 is 1.90 bits per heavy atom. The zero-order chi connectivity index (χ0) is 21.4. The lowest BCUT2D eigenvalue weighted by atomic mass is 9.98. The summed E-state index contributed by atoms with van der Waals surface area (Å²) in [5, 5.41) is 5.70. The van der Waals surface area contributed by atoms with Gasteiger partial charge in [0, 0.05) is 19.1 Å². The molecule has 1 saturated heterocycles. The minimum absolute atomic E-state index is 0.0163. The molecule has 2 rings (SSSR count). The van der Waals surface area contributed by atoms with E-state index in [1.54, 1.807) is 42.1 Å². The van der Waals surface area contributed by atoms with Gasteiger partial charge in [0.1, 0.15) is 6.04 Å². The van der Waals surface area contributed by atoms with Gasteiger partial charge >= 0.3 is 0 Å². The van der Waals surface area contributed by atoms with E-state index in [2.05, 4.69) is 10.6 Å². The van der Waals surface area contributed by atoms with Crippen LogP contribution >= 0.6 is 11.8 Å². The van der Waals surface area contributed by atoms with Crippen LogP contribution in [0.25, 0.3) is 0 Å². The lowest BCUT2D eigenvalue weighted by Crippen LogP contribution is -2.52. The molecule has 0 aliphatic carbocycles. The topological polar surface area (TPSA) is 95.6 Å². The average molecular weight is 442 g/mol. The van der Waals surface area contributed by atoms with Crippen molar-refractivity contribution < 1.29 is 18.0 Å². The second kappa shape index (κ2) is 11.0. The van der Waals surface area contributed by atoms with Gasteiger partial charge in [-0.1, -0.05) is 18.2 Å². The van der Waals surface area contributed by atoms with E-state index in [0.29, 0.717) is 25.8 Å². The highest BCUT2D eigenvalue weighted by molar-refractivity contribution is 7.98. The molecule has 1 aliphatic rings. The molecule has 1 aliphatic heterocycles. The highest BCUT2D eigenvalue weighted by Gasteiger charge is 2.34. The Kier molecular flexibility index (Phi) is 8.98. The van der Waals surface area contributed by atoms with E-state index < -0.39 is 22.0 Å². The number of thioether (sulfide) groups is 1. The van der Waals surface area contributed by atoms with Crippen LogP contribution in [0.15, 0.2) is 35.2 Å². The van der Waals surface area contributed by atoms with Gasteiger partial charge in [0.2, 0.25) is 21.8 Å². The van der Waals surface area contributed by atoms with Crippen molar-refractivity contribution in [2.24, 2.45) is 5.92 Å². The molecule has 0 radical (unpaired) electrons. The van der Waals surface area contributed by atoms with E-state index in [1.807, 2.05) is 20.1 Å². The minimum atomic E-state index is -3.63. The highest BCUT2D eigenvalue weighted by Crippen LogP contribution is 2.24. The maximum Gasteiger partial charge on any atom is 0.243 e. The number of amides is 2. The van der Waals surface area contributed by atoms with Gasteiger partial charge < -0.3 is 10.6 Å². The van der Waals surface area contributed by atoms with Gasteiger partial charge in [-0.3, -0.25) is 9.59 Å². The third-order valence-corrected chi connectivity index (χ3v) is 7.33. The van der Waals surface area contributed by atoms with E-state index in [1.165, 1.54) is 4.31 Å². The van der Waals surface area contributed by atoms with Gasteiger partial charge in [0.15, 0.2) is 0 Å². The standard InChI is InChI=1S/C20H31N3O4S2/c1-15(2)21-20(25)18(11-13-28-3)22-19(24)16-8-7-12-23(14-16)29(26,27)17-9-5-4-6-10-17/h4-6,9-10,15-16,18H,7-8,11-14H2,1-3H3,(H,21,25)(H,22,24). The summed E-state index contributed by atoms with van der Waals surface area (Å²) in [6.07, 6.45) is 3.70. The van der Waals surface area contributed by atoms with Crippen LogP contribution in [0.4, 0.5) is 0 Å². The van der Waals surface area contributed by atoms with Crippen LogP contribution in [-0.4, -0.2) is 61.7 Å². The Hall–Kier alpha value is -1.58. The van der Waals surface area contributed by atoms with E-state index >= 15 is 0 Å². The SMILES string of the molecule is CSCCC(NC(=O)C1CCCN(S(=O)(=O)c2ccccc2)C1)C(=O)NC(C)C. The van der Waals surface area contributed by atoms with Gasteiger partial charge in [-0.15, -0.1) is 0 Å². The fraction of sp³-hybridized carbons (Fsp3) is 0.600. The number of hydrogen-bond acceptors (Lipinski definition) is 5. The zero-order valence-corrected chi connectivity index (χ0v) is 18.9. The van der Waals surface area contributed by atoms with Crippen molar-refractivity contribution in [1.82, 2.24) is 14.9 Å². The first-order valence-electron chi connectivity index (χ1n) is 9.90. The van der Waals surface area contributed by atoms with Crippen LogP contribution in [0.2, 0.25) is 0 Å². The average Bonchev–Trinajstić information content (AvgIpc) is 2.71. The van der Waals surface area contributed by atoms with Crippen molar-refractivity contribution in [3.63, 3.8) is 0 Å². The summed E-state index contributed by atoms with van der Waals surface area (Å²) in [4.78, 5) is 25.5. The first-order valence-corrected chi connectivity index (χ1v) is 12.7. The zero-order valence-electron chi connectivity index (χ0n) is 17.3. The summed E-state index contributed by atoms with van der Waals surface area (Å²) in [5.74, 6) is -0.184. The van der Waals surface area contributed by atoms with Crippen LogP contribution < -0.4 is 10.6 Å². The normalized spacial score (nSPS) is 19.0. The van der Waals surface area contributed by atoms with Crippen LogP contribution in [0.3, 0.4) is 0 Å². The second-order valence-electron chi connectivity index (χ2n) is 7.52. The number of piperidine rings is 1. The maximum atomic E-state index is 12.9. The molecule has 2 unspecified atom stereocenters. The van der Waals surface area contributed by atoms with E-state index in [4.69, 9.17) is 0 Å². The molecule has 0 bridgehead atoms. The molecule has 1 aromatic carbocycles. The molecule has 2 atom stereocenters. The van der Waals surface area contributed by atoms with Gasteiger partial charge in [0.25, 0.3) is 0 Å². The van der Waals surface area contributed by atoms with Crippen LogP contribution in [0.1, 0.15) is 33.1 Å². The Labute approximate surface area is 178 Å². The lowest BCUT2D eigenvalue weighted by Gasteiger charge is -2.32. The maximum absolute atomic E-state index is 12.9. The fourth-order valence-corrected chi connectivity index (χ4v) is 5.31. The number of nitrogens with zero attached hydrogens (tertiary/aromatic N) is 1. The summed E-state index contributed by atoms with van der Waals surface area (Å²) >= 11 is 1.61. The van der Waals surface area contributed by atoms with Crippen LogP contribution in [0.5, 0.6) is 0 Å². The van der Waals surface area contributed by atoms with Crippen molar-refractivity contribution >= 4 is 33.6 Å². The molecule has 29 heavy (non-hydrogen) atoms. The van der Waals surface area contributed by atoms with Gasteiger partial charge in [-0.05, 0) is 57.3 Å². The predicted molar refractivity (Wildman–Crippen MR) is 116 cm³/mol. The van der Waals surface area contributed by atoms with Crippen molar-refractivity contribution in [2.45, 2.75) is 50.1 Å². The van der Waals surface area contributed by atoms with E-state index in [9.17, 15) is 18.0 Å². The molecule has 0 spiro atoms. The van der Waals surface area contributed by atoms with Gasteiger partial charge in [-0.25, -0.2) is 8.42 Å². The van der Waals surface area contributed by atoms with E-state index in [0.717, 1.165) is 5.75 Å². The van der Waals surface area contributed by atoms with Gasteiger partial charge in [-0.2, -0.15) is 16.1 Å². The fourth-order valence-electron chi connectivity index (χ4n) is 3.30. The van der Waals surface area contributed by atoms with Crippen molar-refractivity contribution in [3.8, 4) is 0 Å². The molecular weight excluding hydrogens is 410 g/mol. The molecule has 1 aromatic rings. The van der Waals surface area contributed by atoms with Crippen LogP contribution in [-0.2, 0) is 19.6 Å². The van der Waals surface area contributed by atoms with Crippen molar-refractivity contribution in [1.29, 1.82) is 0 Å².